The van der Waals surface area contributed by atoms with Crippen molar-refractivity contribution < 1.29 is 9.18 Å². The van der Waals surface area contributed by atoms with Crippen molar-refractivity contribution in [1.82, 2.24) is 10.6 Å². The van der Waals surface area contributed by atoms with E-state index in [1.807, 2.05) is 43.3 Å². The minimum absolute atomic E-state index is 0.0328. The van der Waals surface area contributed by atoms with Gasteiger partial charge < -0.3 is 10.6 Å². The van der Waals surface area contributed by atoms with E-state index in [-0.39, 0.29) is 11.7 Å². The van der Waals surface area contributed by atoms with Crippen LogP contribution in [0.5, 0.6) is 0 Å². The molecule has 126 valence electrons. The van der Waals surface area contributed by atoms with Crippen molar-refractivity contribution in [2.45, 2.75) is 31.7 Å². The van der Waals surface area contributed by atoms with Crippen LogP contribution in [0.3, 0.4) is 0 Å². The van der Waals surface area contributed by atoms with Gasteiger partial charge in [-0.15, -0.1) is 0 Å². The number of rotatable bonds is 6. The second kappa shape index (κ2) is 7.58. The van der Waals surface area contributed by atoms with Crippen molar-refractivity contribution in [2.24, 2.45) is 0 Å². The summed E-state index contributed by atoms with van der Waals surface area (Å²) >= 11 is 0. The Balaban J connectivity index is 1.33. The third-order valence-corrected chi connectivity index (χ3v) is 4.64. The van der Waals surface area contributed by atoms with Crippen molar-refractivity contribution in [1.29, 1.82) is 0 Å². The Labute approximate surface area is 142 Å². The Morgan fingerprint density at radius 3 is 2.38 bits per heavy atom. The van der Waals surface area contributed by atoms with Gasteiger partial charge in [-0.05, 0) is 55.5 Å². The highest BCUT2D eigenvalue weighted by atomic mass is 19.1. The van der Waals surface area contributed by atoms with Crippen molar-refractivity contribution in [2.75, 3.05) is 13.1 Å². The smallest absolute Gasteiger partial charge is 0.251 e. The molecule has 0 heterocycles. The van der Waals surface area contributed by atoms with Crippen molar-refractivity contribution in [3.63, 3.8) is 0 Å². The molecular weight excluding hydrogens is 303 g/mol. The zero-order valence-electron chi connectivity index (χ0n) is 13.9. The highest BCUT2D eigenvalue weighted by Gasteiger charge is 2.29. The summed E-state index contributed by atoms with van der Waals surface area (Å²) in [6.45, 7) is 3.38. The van der Waals surface area contributed by atoms with Crippen LogP contribution in [0.1, 0.15) is 40.2 Å². The molecule has 0 spiro atoms. The van der Waals surface area contributed by atoms with E-state index < -0.39 is 0 Å². The molecule has 2 N–H and O–H groups in total. The molecule has 2 aromatic rings. The van der Waals surface area contributed by atoms with E-state index >= 15 is 0 Å². The molecule has 2 aromatic carbocycles. The number of amides is 1. The van der Waals surface area contributed by atoms with Gasteiger partial charge in [-0.1, -0.05) is 29.8 Å². The summed E-state index contributed by atoms with van der Waals surface area (Å²) in [5, 5.41) is 6.39. The summed E-state index contributed by atoms with van der Waals surface area (Å²) < 4.78 is 12.9. The second-order valence-electron chi connectivity index (χ2n) is 6.49. The number of carbonyl (C=O) groups excluding carboxylic acids is 1. The summed E-state index contributed by atoms with van der Waals surface area (Å²) in [7, 11) is 0. The SMILES string of the molecule is Cc1ccc(C(=O)NCCNC2CC(c3ccc(F)cc3)C2)cc1. The third-order valence-electron chi connectivity index (χ3n) is 4.64. The Morgan fingerprint density at radius 2 is 1.71 bits per heavy atom. The van der Waals surface area contributed by atoms with Crippen LogP contribution in [-0.4, -0.2) is 25.0 Å². The summed E-state index contributed by atoms with van der Waals surface area (Å²) in [6, 6.07) is 14.9. The molecule has 1 aliphatic rings. The average molecular weight is 326 g/mol. The van der Waals surface area contributed by atoms with Crippen molar-refractivity contribution in [3.8, 4) is 0 Å². The number of nitrogens with one attached hydrogen (secondary N) is 2. The number of aryl methyl sites for hydroxylation is 1. The third kappa shape index (κ3) is 4.20. The summed E-state index contributed by atoms with van der Waals surface area (Å²) in [4.78, 5) is 12.0. The molecule has 0 radical (unpaired) electrons. The fraction of sp³-hybridized carbons (Fsp3) is 0.350. The van der Waals surface area contributed by atoms with E-state index in [2.05, 4.69) is 10.6 Å². The number of hydrogen-bond acceptors (Lipinski definition) is 2. The first-order valence-corrected chi connectivity index (χ1v) is 8.45. The van der Waals surface area contributed by atoms with Gasteiger partial charge in [0.25, 0.3) is 5.91 Å². The molecule has 3 nitrogen and oxygen atoms in total. The molecule has 1 amide bonds. The van der Waals surface area contributed by atoms with E-state index in [4.69, 9.17) is 0 Å². The number of halogens is 1. The van der Waals surface area contributed by atoms with Crippen molar-refractivity contribution in [3.05, 3.63) is 71.0 Å². The van der Waals surface area contributed by atoms with Gasteiger partial charge in [0.1, 0.15) is 5.82 Å². The van der Waals surface area contributed by atoms with Gasteiger partial charge in [-0.25, -0.2) is 4.39 Å². The fourth-order valence-corrected chi connectivity index (χ4v) is 3.05. The first-order valence-electron chi connectivity index (χ1n) is 8.45. The van der Waals surface area contributed by atoms with Gasteiger partial charge in [0.2, 0.25) is 0 Å². The van der Waals surface area contributed by atoms with Gasteiger partial charge in [-0.3, -0.25) is 4.79 Å². The molecule has 3 rings (SSSR count). The standard InChI is InChI=1S/C20H23FN2O/c1-14-2-4-16(5-3-14)20(24)23-11-10-22-19-12-17(13-19)15-6-8-18(21)9-7-15/h2-9,17,19,22H,10-13H2,1H3,(H,23,24). The van der Waals surface area contributed by atoms with Gasteiger partial charge in [-0.2, -0.15) is 0 Å². The minimum atomic E-state index is -0.183. The Hall–Kier alpha value is -2.20. The molecular formula is C20H23FN2O. The monoisotopic (exact) mass is 326 g/mol. The van der Waals surface area contributed by atoms with Gasteiger partial charge in [0.15, 0.2) is 0 Å². The zero-order chi connectivity index (χ0) is 16.9. The molecule has 0 saturated heterocycles. The Kier molecular flexibility index (Phi) is 5.26. The molecule has 4 heteroatoms. The first kappa shape index (κ1) is 16.7. The lowest BCUT2D eigenvalue weighted by molar-refractivity contribution is 0.0953. The second-order valence-corrected chi connectivity index (χ2v) is 6.49. The maximum atomic E-state index is 12.9. The molecule has 1 saturated carbocycles. The van der Waals surface area contributed by atoms with Gasteiger partial charge in [0.05, 0.1) is 0 Å². The minimum Gasteiger partial charge on any atom is -0.351 e. The highest BCUT2D eigenvalue weighted by Crippen LogP contribution is 2.36. The van der Waals surface area contributed by atoms with E-state index in [0.29, 0.717) is 24.1 Å². The lowest BCUT2D eigenvalue weighted by Gasteiger charge is -2.36. The van der Waals surface area contributed by atoms with Crippen LogP contribution >= 0.6 is 0 Å². The average Bonchev–Trinajstić information content (AvgIpc) is 2.54. The molecule has 1 aliphatic carbocycles. The van der Waals surface area contributed by atoms with Crippen LogP contribution in [-0.2, 0) is 0 Å². The van der Waals surface area contributed by atoms with Crippen LogP contribution < -0.4 is 10.6 Å². The number of hydrogen-bond donors (Lipinski definition) is 2. The maximum Gasteiger partial charge on any atom is 0.251 e. The predicted octanol–water partition coefficient (Wildman–Crippen LogP) is 3.40. The molecule has 1 fully saturated rings. The van der Waals surface area contributed by atoms with Gasteiger partial charge >= 0.3 is 0 Å². The molecule has 0 atom stereocenters. The molecule has 24 heavy (non-hydrogen) atoms. The summed E-state index contributed by atoms with van der Waals surface area (Å²) in [5.74, 6) is 0.303. The fourth-order valence-electron chi connectivity index (χ4n) is 3.05. The molecule has 0 bridgehead atoms. The van der Waals surface area contributed by atoms with Crippen LogP contribution in [0.4, 0.5) is 4.39 Å². The molecule has 0 aromatic heterocycles. The van der Waals surface area contributed by atoms with Gasteiger partial charge in [0, 0.05) is 24.7 Å². The summed E-state index contributed by atoms with van der Waals surface area (Å²) in [6.07, 6.45) is 2.13. The Morgan fingerprint density at radius 1 is 1.04 bits per heavy atom. The maximum absolute atomic E-state index is 12.9. The zero-order valence-corrected chi connectivity index (χ0v) is 13.9. The lowest BCUT2D eigenvalue weighted by Crippen LogP contribution is -2.43. The topological polar surface area (TPSA) is 41.1 Å². The summed E-state index contributed by atoms with van der Waals surface area (Å²) in [5.41, 5.74) is 3.05. The van der Waals surface area contributed by atoms with E-state index in [1.54, 1.807) is 0 Å². The Bertz CT molecular complexity index is 676. The molecule has 0 aliphatic heterocycles. The highest BCUT2D eigenvalue weighted by molar-refractivity contribution is 5.94. The van der Waals surface area contributed by atoms with Crippen LogP contribution in [0.15, 0.2) is 48.5 Å². The van der Waals surface area contributed by atoms with Crippen LogP contribution in [0.2, 0.25) is 0 Å². The van der Waals surface area contributed by atoms with E-state index in [1.165, 1.54) is 17.7 Å². The largest absolute Gasteiger partial charge is 0.351 e. The van der Waals surface area contributed by atoms with Crippen molar-refractivity contribution >= 4 is 5.91 Å². The van der Waals surface area contributed by atoms with E-state index in [9.17, 15) is 9.18 Å². The quantitative estimate of drug-likeness (QED) is 0.799. The number of benzene rings is 2. The predicted molar refractivity (Wildman–Crippen MR) is 93.7 cm³/mol. The first-order chi connectivity index (χ1) is 11.6. The molecule has 0 unspecified atom stereocenters. The van der Waals surface area contributed by atoms with Crippen LogP contribution in [0, 0.1) is 12.7 Å². The van der Waals surface area contributed by atoms with E-state index in [0.717, 1.165) is 24.9 Å². The lowest BCUT2D eigenvalue weighted by atomic mass is 9.76. The van der Waals surface area contributed by atoms with Crippen LogP contribution in [0.25, 0.3) is 0 Å². The normalized spacial score (nSPS) is 19.6. The number of carbonyl (C=O) groups is 1.